The Bertz CT molecular complexity index is 1170. The Morgan fingerprint density at radius 2 is 1.55 bits per heavy atom. The molecule has 0 N–H and O–H groups in total. The number of carbonyl (C=O) groups excluding carboxylic acids is 1. The van der Waals surface area contributed by atoms with Crippen LogP contribution in [0.1, 0.15) is 0 Å². The highest BCUT2D eigenvalue weighted by Crippen LogP contribution is 2.50. The van der Waals surface area contributed by atoms with Gasteiger partial charge in [0.2, 0.25) is 0 Å². The maximum absolute atomic E-state index is 13.0. The molecule has 0 saturated carbocycles. The predicted molar refractivity (Wildman–Crippen MR) is 129 cm³/mol. The van der Waals surface area contributed by atoms with Gasteiger partial charge in [0.05, 0.1) is 17.8 Å². The quantitative estimate of drug-likeness (QED) is 0.470. The fourth-order valence-electron chi connectivity index (χ4n) is 3.50. The van der Waals surface area contributed by atoms with Gasteiger partial charge in [-0.3, -0.25) is 9.69 Å². The average molecular weight is 446 g/mol. The van der Waals surface area contributed by atoms with Crippen molar-refractivity contribution in [3.63, 3.8) is 0 Å². The molecule has 2 heterocycles. The van der Waals surface area contributed by atoms with E-state index in [-0.39, 0.29) is 5.91 Å². The molecule has 7 heteroatoms. The lowest BCUT2D eigenvalue weighted by molar-refractivity contribution is -0.113. The summed E-state index contributed by atoms with van der Waals surface area (Å²) in [5.41, 5.74) is 2.94. The molecule has 5 rings (SSSR count). The molecule has 0 unspecified atom stereocenters. The van der Waals surface area contributed by atoms with Gasteiger partial charge >= 0.3 is 0 Å². The molecule has 0 saturated heterocycles. The molecular weight excluding hydrogens is 426 g/mol. The Labute approximate surface area is 189 Å². The van der Waals surface area contributed by atoms with E-state index in [2.05, 4.69) is 4.99 Å². The van der Waals surface area contributed by atoms with Crippen molar-refractivity contribution in [2.45, 2.75) is 4.90 Å². The highest BCUT2D eigenvalue weighted by Gasteiger charge is 2.35. The number of methoxy groups -OCH3 is 1. The smallest absolute Gasteiger partial charge is 0.289 e. The van der Waals surface area contributed by atoms with Crippen molar-refractivity contribution in [1.82, 2.24) is 0 Å². The van der Waals surface area contributed by atoms with Gasteiger partial charge in [0, 0.05) is 29.4 Å². The molecule has 31 heavy (non-hydrogen) atoms. The summed E-state index contributed by atoms with van der Waals surface area (Å²) in [6.07, 6.45) is 0. The summed E-state index contributed by atoms with van der Waals surface area (Å²) in [7, 11) is 3.63. The molecule has 3 aromatic rings. The zero-order valence-electron chi connectivity index (χ0n) is 17.0. The van der Waals surface area contributed by atoms with Crippen molar-refractivity contribution >= 4 is 51.7 Å². The third-order valence-corrected chi connectivity index (χ3v) is 7.43. The Hall–Kier alpha value is -3.16. The van der Waals surface area contributed by atoms with E-state index in [1.54, 1.807) is 18.9 Å². The van der Waals surface area contributed by atoms with E-state index < -0.39 is 0 Å². The number of carbonyl (C=O) groups is 1. The van der Waals surface area contributed by atoms with Gasteiger partial charge in [0.15, 0.2) is 5.17 Å². The maximum Gasteiger partial charge on any atom is 0.289 e. The Balaban J connectivity index is 1.52. The molecule has 0 bridgehead atoms. The molecule has 0 aromatic heterocycles. The summed E-state index contributed by atoms with van der Waals surface area (Å²) < 4.78 is 5.36. The van der Waals surface area contributed by atoms with Gasteiger partial charge in [-0.2, -0.15) is 4.99 Å². The van der Waals surface area contributed by atoms with Crippen LogP contribution in [0.25, 0.3) is 0 Å². The van der Waals surface area contributed by atoms with E-state index in [0.717, 1.165) is 32.7 Å². The number of amidine groups is 1. The van der Waals surface area contributed by atoms with Crippen LogP contribution in [-0.4, -0.2) is 25.2 Å². The Morgan fingerprint density at radius 3 is 2.16 bits per heavy atom. The normalized spacial score (nSPS) is 17.5. The first kappa shape index (κ1) is 19.8. The molecule has 154 valence electrons. The standard InChI is InChI=1S/C24H19N3O2S2/c1-26-19-15-18(29-2)13-14-20(19)30-23(26)21-22(28)25-24(31-21)27(16-9-5-3-6-10-16)17-11-7-4-8-12-17/h3-15H,1-2H3. The minimum atomic E-state index is -0.217. The Kier molecular flexibility index (Phi) is 5.21. The van der Waals surface area contributed by atoms with Crippen molar-refractivity contribution in [2.75, 3.05) is 24.0 Å². The van der Waals surface area contributed by atoms with Crippen LogP contribution in [-0.2, 0) is 4.79 Å². The average Bonchev–Trinajstić information content (AvgIpc) is 3.34. The molecule has 2 aliphatic rings. The van der Waals surface area contributed by atoms with E-state index in [4.69, 9.17) is 4.74 Å². The van der Waals surface area contributed by atoms with Gasteiger partial charge in [0.25, 0.3) is 5.91 Å². The van der Waals surface area contributed by atoms with E-state index in [9.17, 15) is 4.79 Å². The molecule has 0 atom stereocenters. The van der Waals surface area contributed by atoms with E-state index in [1.807, 2.05) is 95.7 Å². The van der Waals surface area contributed by atoms with E-state index >= 15 is 0 Å². The minimum absolute atomic E-state index is 0.217. The van der Waals surface area contributed by atoms with Crippen LogP contribution in [0.5, 0.6) is 5.75 Å². The first-order chi connectivity index (χ1) is 15.2. The van der Waals surface area contributed by atoms with Crippen molar-refractivity contribution in [3.05, 3.63) is 88.8 Å². The van der Waals surface area contributed by atoms with Crippen LogP contribution >= 0.6 is 23.5 Å². The third kappa shape index (κ3) is 3.60. The number of thioether (sulfide) groups is 2. The first-order valence-electron chi connectivity index (χ1n) is 9.70. The number of para-hydroxylation sites is 2. The lowest BCUT2D eigenvalue weighted by Crippen LogP contribution is -2.21. The summed E-state index contributed by atoms with van der Waals surface area (Å²) in [5, 5.41) is 1.53. The fraction of sp³-hybridized carbons (Fsp3) is 0.0833. The number of anilines is 3. The highest BCUT2D eigenvalue weighted by atomic mass is 32.2. The largest absolute Gasteiger partial charge is 0.497 e. The molecular formula is C24H19N3O2S2. The summed E-state index contributed by atoms with van der Waals surface area (Å²) in [5.74, 6) is 0.574. The number of hydrogen-bond donors (Lipinski definition) is 0. The van der Waals surface area contributed by atoms with Crippen LogP contribution in [0, 0.1) is 0 Å². The number of rotatable bonds is 3. The van der Waals surface area contributed by atoms with Crippen molar-refractivity contribution in [2.24, 2.45) is 4.99 Å². The minimum Gasteiger partial charge on any atom is -0.497 e. The second-order valence-corrected chi connectivity index (χ2v) is 8.95. The van der Waals surface area contributed by atoms with Gasteiger partial charge in [-0.05, 0) is 48.2 Å². The van der Waals surface area contributed by atoms with E-state index in [1.165, 1.54) is 11.8 Å². The van der Waals surface area contributed by atoms with Crippen LogP contribution in [0.3, 0.4) is 0 Å². The third-order valence-electron chi connectivity index (χ3n) is 5.04. The summed E-state index contributed by atoms with van der Waals surface area (Å²) in [6, 6.07) is 25.9. The van der Waals surface area contributed by atoms with Gasteiger partial charge < -0.3 is 9.64 Å². The molecule has 1 amide bonds. The number of nitrogens with zero attached hydrogens (tertiary/aromatic N) is 3. The molecule has 3 aromatic carbocycles. The lowest BCUT2D eigenvalue weighted by atomic mass is 10.2. The fourth-order valence-corrected chi connectivity index (χ4v) is 5.78. The highest BCUT2D eigenvalue weighted by molar-refractivity contribution is 8.19. The van der Waals surface area contributed by atoms with Gasteiger partial charge in [-0.15, -0.1) is 0 Å². The number of benzene rings is 3. The topological polar surface area (TPSA) is 45.1 Å². The van der Waals surface area contributed by atoms with Gasteiger partial charge in [-0.1, -0.05) is 48.2 Å². The zero-order valence-corrected chi connectivity index (χ0v) is 18.6. The second kappa shape index (κ2) is 8.17. The number of ether oxygens (including phenoxy) is 1. The van der Waals surface area contributed by atoms with Crippen LogP contribution in [0.15, 0.2) is 98.7 Å². The van der Waals surface area contributed by atoms with Crippen LogP contribution in [0.4, 0.5) is 17.1 Å². The predicted octanol–water partition coefficient (Wildman–Crippen LogP) is 5.87. The Morgan fingerprint density at radius 1 is 0.903 bits per heavy atom. The van der Waals surface area contributed by atoms with Crippen LogP contribution < -0.4 is 14.5 Å². The van der Waals surface area contributed by atoms with Crippen molar-refractivity contribution in [3.8, 4) is 5.75 Å². The van der Waals surface area contributed by atoms with Crippen molar-refractivity contribution < 1.29 is 9.53 Å². The number of fused-ring (bicyclic) bond motifs is 1. The zero-order chi connectivity index (χ0) is 21.4. The summed E-state index contributed by atoms with van der Waals surface area (Å²) >= 11 is 3.00. The second-order valence-electron chi connectivity index (χ2n) is 6.94. The number of amides is 1. The van der Waals surface area contributed by atoms with Crippen molar-refractivity contribution in [1.29, 1.82) is 0 Å². The summed E-state index contributed by atoms with van der Waals surface area (Å²) in [4.78, 5) is 23.2. The van der Waals surface area contributed by atoms with Crippen LogP contribution in [0.2, 0.25) is 0 Å². The first-order valence-corrected chi connectivity index (χ1v) is 11.3. The van der Waals surface area contributed by atoms with E-state index in [0.29, 0.717) is 10.1 Å². The molecule has 0 spiro atoms. The molecule has 5 nitrogen and oxygen atoms in total. The summed E-state index contributed by atoms with van der Waals surface area (Å²) in [6.45, 7) is 0. The SMILES string of the molecule is COc1ccc2c(c1)N(C)C(=C1SC(N(c3ccccc3)c3ccccc3)=NC1=O)S2. The maximum atomic E-state index is 13.0. The molecule has 0 aliphatic carbocycles. The van der Waals surface area contributed by atoms with Gasteiger partial charge in [-0.25, -0.2) is 0 Å². The van der Waals surface area contributed by atoms with Gasteiger partial charge in [0.1, 0.15) is 10.7 Å². The lowest BCUT2D eigenvalue weighted by Gasteiger charge is -2.24. The number of hydrogen-bond acceptors (Lipinski definition) is 6. The number of aliphatic imine (C=N–C) groups is 1. The molecule has 0 fully saturated rings. The molecule has 2 aliphatic heterocycles. The monoisotopic (exact) mass is 445 g/mol. The molecule has 0 radical (unpaired) electrons.